The highest BCUT2D eigenvalue weighted by Crippen LogP contribution is 2.31. The van der Waals surface area contributed by atoms with E-state index in [1.165, 1.54) is 5.56 Å². The van der Waals surface area contributed by atoms with Crippen LogP contribution in [0.25, 0.3) is 27.9 Å². The fraction of sp³-hybridized carbons (Fsp3) is 0.207. The van der Waals surface area contributed by atoms with Crippen molar-refractivity contribution < 1.29 is 9.53 Å². The Morgan fingerprint density at radius 2 is 1.64 bits per heavy atom. The van der Waals surface area contributed by atoms with Crippen molar-refractivity contribution in [1.82, 2.24) is 19.9 Å². The van der Waals surface area contributed by atoms with Crippen LogP contribution in [0.1, 0.15) is 36.2 Å². The Kier molecular flexibility index (Phi) is 6.54. The zero-order valence-electron chi connectivity index (χ0n) is 20.4. The molecule has 0 saturated heterocycles. The molecule has 0 bridgehead atoms. The Balaban J connectivity index is 1.53. The molecule has 2 heterocycles. The van der Waals surface area contributed by atoms with Gasteiger partial charge in [0, 0.05) is 11.7 Å². The van der Waals surface area contributed by atoms with E-state index >= 15 is 0 Å². The van der Waals surface area contributed by atoms with Gasteiger partial charge in [0.1, 0.15) is 22.6 Å². The highest BCUT2D eigenvalue weighted by atomic mass is 16.5. The number of amides is 1. The summed E-state index contributed by atoms with van der Waals surface area (Å²) in [5.41, 5.74) is 11.5. The van der Waals surface area contributed by atoms with E-state index in [4.69, 9.17) is 20.4 Å². The number of nitrogen functional groups attached to an aromatic ring is 1. The number of aromatic nitrogens is 3. The maximum Gasteiger partial charge on any atom is 0.257 e. The third kappa shape index (κ3) is 4.60. The smallest absolute Gasteiger partial charge is 0.257 e. The summed E-state index contributed by atoms with van der Waals surface area (Å²) in [5, 5.41) is 3.12. The maximum absolute atomic E-state index is 13.5. The van der Waals surface area contributed by atoms with Crippen LogP contribution >= 0.6 is 0 Å². The first kappa shape index (κ1) is 23.4. The lowest BCUT2D eigenvalue weighted by molar-refractivity contribution is 0.0941. The third-order valence-electron chi connectivity index (χ3n) is 6.22. The number of ether oxygens (including phenoxy) is 1. The number of carbonyl (C=O) groups is 1. The molecule has 1 unspecified atom stereocenters. The van der Waals surface area contributed by atoms with Crippen LogP contribution in [0.5, 0.6) is 5.75 Å². The van der Waals surface area contributed by atoms with Crippen molar-refractivity contribution in [2.75, 3.05) is 12.3 Å². The fourth-order valence-electron chi connectivity index (χ4n) is 4.40. The van der Waals surface area contributed by atoms with Gasteiger partial charge in [-0.25, -0.2) is 9.97 Å². The molecule has 7 heteroatoms. The second kappa shape index (κ2) is 10.1. The molecule has 0 aliphatic carbocycles. The molecule has 1 amide bonds. The number of nitrogens with zero attached hydrogens (tertiary/aromatic N) is 3. The quantitative estimate of drug-likeness (QED) is 0.315. The number of rotatable bonds is 8. The van der Waals surface area contributed by atoms with E-state index in [-0.39, 0.29) is 11.9 Å². The van der Waals surface area contributed by atoms with Crippen molar-refractivity contribution >= 4 is 33.9 Å². The average Bonchev–Trinajstić information content (AvgIpc) is 3.18. The van der Waals surface area contributed by atoms with Gasteiger partial charge in [-0.15, -0.1) is 0 Å². The molecule has 5 rings (SSSR count). The Bertz CT molecular complexity index is 1510. The van der Waals surface area contributed by atoms with E-state index in [0.29, 0.717) is 34.7 Å². The summed E-state index contributed by atoms with van der Waals surface area (Å²) in [5.74, 6) is 0.808. The minimum Gasteiger partial charge on any atom is -0.494 e. The van der Waals surface area contributed by atoms with Crippen molar-refractivity contribution in [2.24, 2.45) is 0 Å². The maximum atomic E-state index is 13.5. The van der Waals surface area contributed by atoms with Gasteiger partial charge >= 0.3 is 0 Å². The molecule has 0 aliphatic rings. The highest BCUT2D eigenvalue weighted by Gasteiger charge is 2.25. The molecular formula is C29H29N5O2. The molecule has 0 fully saturated rings. The van der Waals surface area contributed by atoms with E-state index in [1.54, 1.807) is 4.57 Å². The first-order valence-corrected chi connectivity index (χ1v) is 12.2. The largest absolute Gasteiger partial charge is 0.494 e. The topological polar surface area (TPSA) is 95.1 Å². The second-order valence-electron chi connectivity index (χ2n) is 8.81. The van der Waals surface area contributed by atoms with Gasteiger partial charge in [0.2, 0.25) is 0 Å². The van der Waals surface area contributed by atoms with E-state index in [0.717, 1.165) is 29.8 Å². The summed E-state index contributed by atoms with van der Waals surface area (Å²) in [4.78, 5) is 23.2. The van der Waals surface area contributed by atoms with Crippen LogP contribution in [-0.2, 0) is 6.42 Å². The van der Waals surface area contributed by atoms with Gasteiger partial charge in [0.05, 0.1) is 17.6 Å². The summed E-state index contributed by atoms with van der Waals surface area (Å²) >= 11 is 0. The zero-order chi connectivity index (χ0) is 25.1. The first-order valence-electron chi connectivity index (χ1n) is 12.2. The second-order valence-corrected chi connectivity index (χ2v) is 8.81. The van der Waals surface area contributed by atoms with Gasteiger partial charge in [0.25, 0.3) is 5.91 Å². The lowest BCUT2D eigenvalue weighted by Gasteiger charge is -2.14. The van der Waals surface area contributed by atoms with Gasteiger partial charge < -0.3 is 15.8 Å². The Morgan fingerprint density at radius 1 is 0.972 bits per heavy atom. The van der Waals surface area contributed by atoms with Gasteiger partial charge in [-0.05, 0) is 68.7 Å². The predicted molar refractivity (Wildman–Crippen MR) is 144 cm³/mol. The number of hydrogen-bond donors (Lipinski definition) is 2. The highest BCUT2D eigenvalue weighted by molar-refractivity contribution is 6.11. The lowest BCUT2D eigenvalue weighted by Crippen LogP contribution is -2.33. The molecule has 0 aliphatic heterocycles. The van der Waals surface area contributed by atoms with Crippen LogP contribution in [0.2, 0.25) is 0 Å². The number of aryl methyl sites for hydroxylation is 1. The molecule has 0 spiro atoms. The van der Waals surface area contributed by atoms with Crippen molar-refractivity contribution in [3.05, 3.63) is 90.0 Å². The molecule has 3 N–H and O–H groups in total. The van der Waals surface area contributed by atoms with Crippen LogP contribution in [0, 0.1) is 0 Å². The molecule has 7 nitrogen and oxygen atoms in total. The molecule has 0 saturated carbocycles. The molecule has 1 atom stereocenters. The number of benzene rings is 3. The molecule has 36 heavy (non-hydrogen) atoms. The minimum absolute atomic E-state index is 0.0469. The van der Waals surface area contributed by atoms with Crippen LogP contribution in [0.15, 0.2) is 78.9 Å². The lowest BCUT2D eigenvalue weighted by atomic mass is 10.1. The Morgan fingerprint density at radius 3 is 2.33 bits per heavy atom. The van der Waals surface area contributed by atoms with E-state index in [1.807, 2.05) is 80.6 Å². The molecular weight excluding hydrogens is 450 g/mol. The predicted octanol–water partition coefficient (Wildman–Crippen LogP) is 5.31. The summed E-state index contributed by atoms with van der Waals surface area (Å²) in [6.45, 7) is 4.53. The number of anilines is 1. The summed E-state index contributed by atoms with van der Waals surface area (Å²) in [6, 6.07) is 25.4. The molecule has 5 aromatic rings. The van der Waals surface area contributed by atoms with Gasteiger partial charge in [-0.3, -0.25) is 9.36 Å². The number of nitrogens with two attached hydrogens (primary N) is 1. The van der Waals surface area contributed by atoms with E-state index < -0.39 is 0 Å². The minimum atomic E-state index is -0.257. The normalized spacial score (nSPS) is 12.1. The molecule has 2 aromatic heterocycles. The van der Waals surface area contributed by atoms with Crippen LogP contribution in [-0.4, -0.2) is 33.1 Å². The number of para-hydroxylation sites is 2. The zero-order valence-corrected chi connectivity index (χ0v) is 20.4. The Hall–Kier alpha value is -4.39. The third-order valence-corrected chi connectivity index (χ3v) is 6.22. The van der Waals surface area contributed by atoms with Gasteiger partial charge in [0.15, 0.2) is 5.65 Å². The molecule has 0 radical (unpaired) electrons. The van der Waals surface area contributed by atoms with E-state index in [9.17, 15) is 4.79 Å². The number of fused-ring (bicyclic) bond motifs is 2. The monoisotopic (exact) mass is 479 g/mol. The van der Waals surface area contributed by atoms with Crippen molar-refractivity contribution in [1.29, 1.82) is 0 Å². The summed E-state index contributed by atoms with van der Waals surface area (Å²) < 4.78 is 7.37. The van der Waals surface area contributed by atoms with Crippen molar-refractivity contribution in [3.8, 4) is 11.4 Å². The van der Waals surface area contributed by atoms with Crippen molar-refractivity contribution in [2.45, 2.75) is 32.7 Å². The Labute approximate surface area is 209 Å². The van der Waals surface area contributed by atoms with Crippen molar-refractivity contribution in [3.63, 3.8) is 0 Å². The SMILES string of the molecule is CCOc1ccc(-n2c(N)c(C(=O)NC(C)CCc3ccccc3)c3nc4ccccc4nc32)cc1. The molecule has 3 aromatic carbocycles. The first-order chi connectivity index (χ1) is 17.5. The van der Waals surface area contributed by atoms with Crippen LogP contribution < -0.4 is 15.8 Å². The van der Waals surface area contributed by atoms with Gasteiger partial charge in [-0.2, -0.15) is 0 Å². The standard InChI is InChI=1S/C29H29N5O2/c1-3-36-22-17-15-21(16-18-22)34-27(30)25(26-28(34)33-24-12-8-7-11-23(24)32-26)29(35)31-19(2)13-14-20-9-5-4-6-10-20/h4-12,15-19H,3,13-14,30H2,1-2H3,(H,31,35). The number of nitrogens with one attached hydrogen (secondary N) is 1. The fourth-order valence-corrected chi connectivity index (χ4v) is 4.40. The van der Waals surface area contributed by atoms with Crippen LogP contribution in [0.3, 0.4) is 0 Å². The number of hydrogen-bond acceptors (Lipinski definition) is 5. The number of carbonyl (C=O) groups excluding carboxylic acids is 1. The van der Waals surface area contributed by atoms with E-state index in [2.05, 4.69) is 17.4 Å². The van der Waals surface area contributed by atoms with Crippen LogP contribution in [0.4, 0.5) is 5.82 Å². The molecule has 182 valence electrons. The van der Waals surface area contributed by atoms with Gasteiger partial charge in [-0.1, -0.05) is 42.5 Å². The summed E-state index contributed by atoms with van der Waals surface area (Å²) in [7, 11) is 0. The average molecular weight is 480 g/mol. The summed E-state index contributed by atoms with van der Waals surface area (Å²) in [6.07, 6.45) is 1.68.